The lowest BCUT2D eigenvalue weighted by molar-refractivity contribution is -0.00967. The molecule has 6 nitrogen and oxygen atoms in total. The van der Waals surface area contributed by atoms with Crippen LogP contribution in [-0.2, 0) is 15.9 Å². The highest BCUT2D eigenvalue weighted by molar-refractivity contribution is 6.62. The lowest BCUT2D eigenvalue weighted by atomic mass is 9.80. The number of anilines is 1. The Morgan fingerprint density at radius 1 is 1.00 bits per heavy atom. The quantitative estimate of drug-likeness (QED) is 0.744. The molecule has 0 spiro atoms. The summed E-state index contributed by atoms with van der Waals surface area (Å²) >= 11 is 0. The molecule has 0 N–H and O–H groups in total. The summed E-state index contributed by atoms with van der Waals surface area (Å²) in [5.74, 6) is 1.04. The molecular weight excluding hydrogens is 363 g/mol. The fraction of sp³-hybridized carbons (Fsp3) is 0.545. The molecule has 2 aromatic heterocycles. The highest BCUT2D eigenvalue weighted by Gasteiger charge is 2.52. The van der Waals surface area contributed by atoms with Crippen LogP contribution in [0.25, 0.3) is 0 Å². The normalized spacial score (nSPS) is 27.7. The first-order chi connectivity index (χ1) is 13.8. The van der Waals surface area contributed by atoms with Gasteiger partial charge in [-0.3, -0.25) is 9.88 Å². The van der Waals surface area contributed by atoms with Gasteiger partial charge in [0.2, 0.25) is 0 Å². The van der Waals surface area contributed by atoms with Crippen LogP contribution in [0.4, 0.5) is 5.82 Å². The standard InChI is InChI=1S/C22H29BN4O2/c1-21(2)22(3,4)29-23(28-21)16-8-9-20(25-12-16)26-14-18-11-19(15-26)27(18)13-17-7-5-6-10-24-17/h5-10,12,18-19H,11,13-15H2,1-4H3. The van der Waals surface area contributed by atoms with Crippen molar-refractivity contribution in [3.63, 3.8) is 0 Å². The van der Waals surface area contributed by atoms with Crippen molar-refractivity contribution in [1.29, 1.82) is 0 Å². The van der Waals surface area contributed by atoms with Crippen molar-refractivity contribution in [3.05, 3.63) is 48.4 Å². The van der Waals surface area contributed by atoms with Gasteiger partial charge in [0, 0.05) is 49.6 Å². The topological polar surface area (TPSA) is 50.7 Å². The molecule has 2 aromatic rings. The molecule has 2 bridgehead atoms. The van der Waals surface area contributed by atoms with E-state index >= 15 is 0 Å². The summed E-state index contributed by atoms with van der Waals surface area (Å²) in [6.07, 6.45) is 5.06. The average molecular weight is 392 g/mol. The largest absolute Gasteiger partial charge is 0.496 e. The van der Waals surface area contributed by atoms with E-state index in [1.165, 1.54) is 6.42 Å². The average Bonchev–Trinajstić information content (AvgIpc) is 2.94. The second kappa shape index (κ2) is 6.79. The first-order valence-electron chi connectivity index (χ1n) is 10.5. The first-order valence-corrected chi connectivity index (χ1v) is 10.5. The van der Waals surface area contributed by atoms with E-state index in [0.29, 0.717) is 12.1 Å². The van der Waals surface area contributed by atoms with E-state index in [2.05, 4.69) is 66.7 Å². The van der Waals surface area contributed by atoms with Gasteiger partial charge in [0.15, 0.2) is 0 Å². The van der Waals surface area contributed by atoms with Gasteiger partial charge >= 0.3 is 7.12 Å². The van der Waals surface area contributed by atoms with Crippen LogP contribution in [0, 0.1) is 0 Å². The molecule has 4 fully saturated rings. The number of piperazine rings is 1. The van der Waals surface area contributed by atoms with Gasteiger partial charge in [0.1, 0.15) is 5.82 Å². The highest BCUT2D eigenvalue weighted by Crippen LogP contribution is 2.37. The Bertz CT molecular complexity index is 846. The predicted octanol–water partition coefficient (Wildman–Crippen LogP) is 2.24. The Morgan fingerprint density at radius 3 is 2.31 bits per heavy atom. The zero-order chi connectivity index (χ0) is 20.2. The molecule has 2 atom stereocenters. The third-order valence-electron chi connectivity index (χ3n) is 7.04. The van der Waals surface area contributed by atoms with E-state index in [1.54, 1.807) is 0 Å². The molecule has 152 valence electrons. The minimum atomic E-state index is -0.356. The van der Waals surface area contributed by atoms with Gasteiger partial charge < -0.3 is 14.2 Å². The number of fused-ring (bicyclic) bond motifs is 2. The Kier molecular flexibility index (Phi) is 4.46. The van der Waals surface area contributed by atoms with Gasteiger partial charge in [-0.15, -0.1) is 0 Å². The van der Waals surface area contributed by atoms with E-state index in [-0.39, 0.29) is 18.3 Å². The van der Waals surface area contributed by atoms with E-state index in [1.807, 2.05) is 18.5 Å². The SMILES string of the molecule is CC1(C)OB(c2ccc(N3CC4CC(C3)N4Cc3ccccn3)nc2)OC1(C)C. The maximum Gasteiger partial charge on any atom is 0.496 e. The molecule has 4 aliphatic heterocycles. The lowest BCUT2D eigenvalue weighted by Gasteiger charge is -2.56. The van der Waals surface area contributed by atoms with E-state index in [4.69, 9.17) is 14.3 Å². The Balaban J connectivity index is 1.23. The molecular formula is C22H29BN4O2. The molecule has 0 radical (unpaired) electrons. The van der Waals surface area contributed by atoms with Crippen LogP contribution in [0.1, 0.15) is 39.8 Å². The van der Waals surface area contributed by atoms with Crippen LogP contribution < -0.4 is 10.4 Å². The molecule has 29 heavy (non-hydrogen) atoms. The monoisotopic (exact) mass is 392 g/mol. The maximum absolute atomic E-state index is 6.14. The van der Waals surface area contributed by atoms with Gasteiger partial charge in [-0.2, -0.15) is 0 Å². The number of rotatable bonds is 4. The summed E-state index contributed by atoms with van der Waals surface area (Å²) in [7, 11) is -0.356. The molecule has 0 aliphatic carbocycles. The van der Waals surface area contributed by atoms with Crippen LogP contribution >= 0.6 is 0 Å². The Labute approximate surface area is 173 Å². The van der Waals surface area contributed by atoms with Gasteiger partial charge in [0.05, 0.1) is 16.9 Å². The summed E-state index contributed by atoms with van der Waals surface area (Å²) in [5.41, 5.74) is 1.47. The predicted molar refractivity (Wildman–Crippen MR) is 114 cm³/mol. The van der Waals surface area contributed by atoms with Crippen LogP contribution in [0.15, 0.2) is 42.7 Å². The van der Waals surface area contributed by atoms with Crippen LogP contribution in [-0.4, -0.2) is 58.4 Å². The third kappa shape index (κ3) is 3.35. The summed E-state index contributed by atoms with van der Waals surface area (Å²) in [6, 6.07) is 11.5. The summed E-state index contributed by atoms with van der Waals surface area (Å²) in [5, 5.41) is 0. The van der Waals surface area contributed by atoms with Crippen molar-refractivity contribution in [3.8, 4) is 0 Å². The summed E-state index contributed by atoms with van der Waals surface area (Å²) in [4.78, 5) is 14.2. The van der Waals surface area contributed by atoms with Gasteiger partial charge in [0.25, 0.3) is 0 Å². The number of pyridine rings is 2. The highest BCUT2D eigenvalue weighted by atomic mass is 16.7. The van der Waals surface area contributed by atoms with Crippen molar-refractivity contribution < 1.29 is 9.31 Å². The number of aromatic nitrogens is 2. The minimum absolute atomic E-state index is 0.332. The molecule has 7 heteroatoms. The number of hydrogen-bond donors (Lipinski definition) is 0. The van der Waals surface area contributed by atoms with Crippen molar-refractivity contribution >= 4 is 18.4 Å². The minimum Gasteiger partial charge on any atom is -0.399 e. The van der Waals surface area contributed by atoms with Crippen molar-refractivity contribution in [2.24, 2.45) is 0 Å². The molecule has 0 saturated carbocycles. The third-order valence-corrected chi connectivity index (χ3v) is 7.04. The van der Waals surface area contributed by atoms with Gasteiger partial charge in [-0.25, -0.2) is 4.98 Å². The zero-order valence-corrected chi connectivity index (χ0v) is 17.7. The van der Waals surface area contributed by atoms with Gasteiger partial charge in [-0.1, -0.05) is 12.1 Å². The van der Waals surface area contributed by atoms with Crippen molar-refractivity contribution in [1.82, 2.24) is 14.9 Å². The molecule has 4 saturated heterocycles. The van der Waals surface area contributed by atoms with Crippen molar-refractivity contribution in [2.45, 2.75) is 63.9 Å². The van der Waals surface area contributed by atoms with E-state index < -0.39 is 0 Å². The molecule has 6 heterocycles. The molecule has 2 unspecified atom stereocenters. The van der Waals surface area contributed by atoms with E-state index in [9.17, 15) is 0 Å². The van der Waals surface area contributed by atoms with Crippen molar-refractivity contribution in [2.75, 3.05) is 18.0 Å². The van der Waals surface area contributed by atoms with Gasteiger partial charge in [-0.05, 0) is 52.3 Å². The number of nitrogens with zero attached hydrogens (tertiary/aromatic N) is 4. The number of hydrogen-bond acceptors (Lipinski definition) is 6. The van der Waals surface area contributed by atoms with E-state index in [0.717, 1.165) is 36.6 Å². The fourth-order valence-corrected chi connectivity index (χ4v) is 4.51. The molecule has 4 aliphatic rings. The Morgan fingerprint density at radius 2 is 1.72 bits per heavy atom. The molecule has 6 rings (SSSR count). The van der Waals surface area contributed by atoms with Crippen LogP contribution in [0.3, 0.4) is 0 Å². The fourth-order valence-electron chi connectivity index (χ4n) is 4.51. The van der Waals surface area contributed by atoms with Crippen LogP contribution in [0.5, 0.6) is 0 Å². The zero-order valence-electron chi connectivity index (χ0n) is 17.7. The smallest absolute Gasteiger partial charge is 0.399 e. The maximum atomic E-state index is 6.14. The second-order valence-corrected chi connectivity index (χ2v) is 9.48. The summed E-state index contributed by atoms with van der Waals surface area (Å²) in [6.45, 7) is 11.3. The van der Waals surface area contributed by atoms with Crippen LogP contribution in [0.2, 0.25) is 0 Å². The summed E-state index contributed by atoms with van der Waals surface area (Å²) < 4.78 is 12.3. The molecule has 0 amide bonds. The second-order valence-electron chi connectivity index (χ2n) is 9.48. The number of piperidine rings is 1. The first kappa shape index (κ1) is 19.0. The molecule has 0 aromatic carbocycles. The Hall–Kier alpha value is -1.96. The lowest BCUT2D eigenvalue weighted by Crippen LogP contribution is -2.68.